The Morgan fingerprint density at radius 2 is 2.00 bits per heavy atom. The minimum Gasteiger partial charge on any atom is -0.298 e. The number of aldehydes is 1. The molecule has 88 valence electrons. The minimum atomic E-state index is 0.235. The van der Waals surface area contributed by atoms with Gasteiger partial charge in [-0.1, -0.05) is 24.3 Å². The molecular weight excluding hydrogens is 212 g/mol. The number of hydrogen-bond donors (Lipinski definition) is 0. The van der Waals surface area contributed by atoms with Crippen LogP contribution in [0.5, 0.6) is 0 Å². The molecule has 0 spiro atoms. The zero-order valence-corrected chi connectivity index (χ0v) is 10.3. The van der Waals surface area contributed by atoms with E-state index in [-0.39, 0.29) is 6.04 Å². The van der Waals surface area contributed by atoms with Gasteiger partial charge in [0.15, 0.2) is 6.29 Å². The molecule has 0 N–H and O–H groups in total. The maximum Gasteiger partial charge on any atom is 0.153 e. The number of nitrogens with zero attached hydrogens (tertiary/aromatic N) is 2. The van der Waals surface area contributed by atoms with Crippen molar-refractivity contribution < 1.29 is 4.79 Å². The summed E-state index contributed by atoms with van der Waals surface area (Å²) in [5.41, 5.74) is 3.78. The highest BCUT2D eigenvalue weighted by molar-refractivity contribution is 5.86. The van der Waals surface area contributed by atoms with Gasteiger partial charge in [-0.15, -0.1) is 0 Å². The summed E-state index contributed by atoms with van der Waals surface area (Å²) in [5.74, 6) is 0. The van der Waals surface area contributed by atoms with Crippen LogP contribution < -0.4 is 0 Å². The van der Waals surface area contributed by atoms with Crippen LogP contribution in [-0.4, -0.2) is 16.1 Å². The van der Waals surface area contributed by atoms with Crippen LogP contribution in [0.4, 0.5) is 0 Å². The lowest BCUT2D eigenvalue weighted by molar-refractivity contribution is 0.112. The van der Waals surface area contributed by atoms with E-state index < -0.39 is 0 Å². The summed E-state index contributed by atoms with van der Waals surface area (Å²) in [6.45, 7) is 6.16. The predicted molar refractivity (Wildman–Crippen MR) is 68.2 cm³/mol. The molecule has 0 aliphatic carbocycles. The predicted octanol–water partition coefficient (Wildman–Crippen LogP) is 3.25. The number of hydrogen-bond acceptors (Lipinski definition) is 2. The highest BCUT2D eigenvalue weighted by atomic mass is 16.1. The maximum atomic E-state index is 11.1. The number of rotatable bonds is 3. The second kappa shape index (κ2) is 4.53. The number of aromatic nitrogens is 2. The van der Waals surface area contributed by atoms with Gasteiger partial charge in [0.2, 0.25) is 0 Å². The molecule has 2 aromatic rings. The zero-order chi connectivity index (χ0) is 12.4. The monoisotopic (exact) mass is 228 g/mol. The lowest BCUT2D eigenvalue weighted by atomic mass is 10.0. The molecule has 0 amide bonds. The average Bonchev–Trinajstić information content (AvgIpc) is 2.73. The molecule has 0 radical (unpaired) electrons. The molecule has 1 aromatic carbocycles. The fourth-order valence-corrected chi connectivity index (χ4v) is 1.97. The van der Waals surface area contributed by atoms with E-state index in [0.29, 0.717) is 5.56 Å². The molecule has 0 unspecified atom stereocenters. The zero-order valence-electron chi connectivity index (χ0n) is 10.3. The van der Waals surface area contributed by atoms with Crippen molar-refractivity contribution in [3.8, 4) is 11.3 Å². The molecule has 0 aliphatic heterocycles. The largest absolute Gasteiger partial charge is 0.298 e. The van der Waals surface area contributed by atoms with Gasteiger partial charge in [-0.05, 0) is 26.3 Å². The van der Waals surface area contributed by atoms with E-state index >= 15 is 0 Å². The molecule has 1 heterocycles. The first-order valence-electron chi connectivity index (χ1n) is 5.74. The molecule has 3 nitrogen and oxygen atoms in total. The summed E-state index contributed by atoms with van der Waals surface area (Å²) in [6, 6.07) is 8.28. The molecule has 0 aliphatic rings. The molecule has 0 atom stereocenters. The van der Waals surface area contributed by atoms with Gasteiger partial charge in [0.1, 0.15) is 0 Å². The Morgan fingerprint density at radius 1 is 1.29 bits per heavy atom. The molecule has 0 fully saturated rings. The fraction of sp³-hybridized carbons (Fsp3) is 0.286. The van der Waals surface area contributed by atoms with Gasteiger partial charge in [0, 0.05) is 11.6 Å². The van der Waals surface area contributed by atoms with Gasteiger partial charge in [0.05, 0.1) is 17.5 Å². The fourth-order valence-electron chi connectivity index (χ4n) is 1.97. The molecule has 17 heavy (non-hydrogen) atoms. The van der Waals surface area contributed by atoms with Gasteiger partial charge < -0.3 is 0 Å². The van der Waals surface area contributed by atoms with E-state index in [1.807, 2.05) is 35.9 Å². The summed E-state index contributed by atoms with van der Waals surface area (Å²) >= 11 is 0. The van der Waals surface area contributed by atoms with Crippen LogP contribution in [0, 0.1) is 6.92 Å². The van der Waals surface area contributed by atoms with Crippen LogP contribution in [0.1, 0.15) is 35.8 Å². The summed E-state index contributed by atoms with van der Waals surface area (Å²) in [6.07, 6.45) is 2.50. The standard InChI is InChI=1S/C14H16N2O/c1-10(2)16-14(12(9-17)8-15-16)13-7-5-4-6-11(13)3/h4-10H,1-3H3. The van der Waals surface area contributed by atoms with Crippen molar-refractivity contribution >= 4 is 6.29 Å². The number of carbonyl (C=O) groups is 1. The van der Waals surface area contributed by atoms with Crippen molar-refractivity contribution in [2.75, 3.05) is 0 Å². The smallest absolute Gasteiger partial charge is 0.153 e. The van der Waals surface area contributed by atoms with Gasteiger partial charge >= 0.3 is 0 Å². The van der Waals surface area contributed by atoms with E-state index in [9.17, 15) is 4.79 Å². The van der Waals surface area contributed by atoms with E-state index in [4.69, 9.17) is 0 Å². The molecule has 3 heteroatoms. The Balaban J connectivity index is 2.69. The normalized spacial score (nSPS) is 10.8. The number of carbonyl (C=O) groups excluding carboxylic acids is 1. The number of aryl methyl sites for hydroxylation is 1. The van der Waals surface area contributed by atoms with Crippen LogP contribution >= 0.6 is 0 Å². The Labute approximate surface area is 101 Å². The Morgan fingerprint density at radius 3 is 2.59 bits per heavy atom. The first-order valence-corrected chi connectivity index (χ1v) is 5.74. The second-order valence-corrected chi connectivity index (χ2v) is 4.42. The van der Waals surface area contributed by atoms with Crippen LogP contribution in [0.3, 0.4) is 0 Å². The second-order valence-electron chi connectivity index (χ2n) is 4.42. The molecule has 0 bridgehead atoms. The maximum absolute atomic E-state index is 11.1. The SMILES string of the molecule is Cc1ccccc1-c1c(C=O)cnn1C(C)C. The highest BCUT2D eigenvalue weighted by Gasteiger charge is 2.15. The van der Waals surface area contributed by atoms with E-state index in [1.165, 1.54) is 0 Å². The Bertz CT molecular complexity index is 541. The third-order valence-electron chi connectivity index (χ3n) is 2.84. The van der Waals surface area contributed by atoms with Crippen LogP contribution in [0.15, 0.2) is 30.5 Å². The van der Waals surface area contributed by atoms with Gasteiger partial charge in [-0.3, -0.25) is 9.48 Å². The van der Waals surface area contributed by atoms with Crippen molar-refractivity contribution in [3.05, 3.63) is 41.6 Å². The lowest BCUT2D eigenvalue weighted by Crippen LogP contribution is -2.06. The van der Waals surface area contributed by atoms with E-state index in [2.05, 4.69) is 18.9 Å². The van der Waals surface area contributed by atoms with Crippen LogP contribution in [0.2, 0.25) is 0 Å². The molecule has 0 saturated carbocycles. The molecular formula is C14H16N2O. The third-order valence-corrected chi connectivity index (χ3v) is 2.84. The molecule has 0 saturated heterocycles. The van der Waals surface area contributed by atoms with Crippen molar-refractivity contribution in [2.24, 2.45) is 0 Å². The third kappa shape index (κ3) is 2.00. The first kappa shape index (κ1) is 11.6. The van der Waals surface area contributed by atoms with Crippen LogP contribution in [0.25, 0.3) is 11.3 Å². The summed E-state index contributed by atoms with van der Waals surface area (Å²) in [5, 5.41) is 4.29. The minimum absolute atomic E-state index is 0.235. The Kier molecular flexibility index (Phi) is 3.09. The van der Waals surface area contributed by atoms with Gasteiger partial charge in [0.25, 0.3) is 0 Å². The Hall–Kier alpha value is -1.90. The van der Waals surface area contributed by atoms with Crippen molar-refractivity contribution in [1.29, 1.82) is 0 Å². The summed E-state index contributed by atoms with van der Waals surface area (Å²) in [4.78, 5) is 11.1. The van der Waals surface area contributed by atoms with Gasteiger partial charge in [-0.25, -0.2) is 0 Å². The molecule has 1 aromatic heterocycles. The van der Waals surface area contributed by atoms with E-state index in [0.717, 1.165) is 23.1 Å². The summed E-state index contributed by atoms with van der Waals surface area (Å²) < 4.78 is 1.89. The molecule has 2 rings (SSSR count). The van der Waals surface area contributed by atoms with Crippen molar-refractivity contribution in [3.63, 3.8) is 0 Å². The van der Waals surface area contributed by atoms with Crippen molar-refractivity contribution in [2.45, 2.75) is 26.8 Å². The van der Waals surface area contributed by atoms with Crippen LogP contribution in [-0.2, 0) is 0 Å². The van der Waals surface area contributed by atoms with Crippen molar-refractivity contribution in [1.82, 2.24) is 9.78 Å². The summed E-state index contributed by atoms with van der Waals surface area (Å²) in [7, 11) is 0. The topological polar surface area (TPSA) is 34.9 Å². The van der Waals surface area contributed by atoms with Gasteiger partial charge in [-0.2, -0.15) is 5.10 Å². The quantitative estimate of drug-likeness (QED) is 0.756. The number of benzene rings is 1. The van der Waals surface area contributed by atoms with E-state index in [1.54, 1.807) is 6.20 Å². The lowest BCUT2D eigenvalue weighted by Gasteiger charge is -2.13. The highest BCUT2D eigenvalue weighted by Crippen LogP contribution is 2.27. The first-order chi connectivity index (χ1) is 8.15. The average molecular weight is 228 g/mol.